The second-order valence-electron chi connectivity index (χ2n) is 8.88. The highest BCUT2D eigenvalue weighted by molar-refractivity contribution is 5.18. The van der Waals surface area contributed by atoms with E-state index in [1.165, 1.54) is 22.3 Å². The van der Waals surface area contributed by atoms with Crippen LogP contribution in [-0.2, 0) is 26.2 Å². The van der Waals surface area contributed by atoms with E-state index in [-0.39, 0.29) is 0 Å². The molecule has 0 saturated heterocycles. The maximum atomic E-state index is 15.6. The highest BCUT2D eigenvalue weighted by atomic mass is 19.1. The van der Waals surface area contributed by atoms with Crippen LogP contribution in [0.1, 0.15) is 22.3 Å². The molecule has 174 valence electrons. The van der Waals surface area contributed by atoms with Gasteiger partial charge < -0.3 is 0 Å². The fourth-order valence-corrected chi connectivity index (χ4v) is 4.35. The minimum Gasteiger partial charge on any atom is -0.292 e. The van der Waals surface area contributed by atoms with Crippen molar-refractivity contribution in [1.82, 2.24) is 9.80 Å². The SMILES string of the molecule is FC(CN(Cc1ccccc1)Cc1ccccc1)CN(Cc1ccccc1)Cc1ccccc1. The van der Waals surface area contributed by atoms with Crippen LogP contribution in [0.2, 0.25) is 0 Å². The molecule has 0 heterocycles. The summed E-state index contributed by atoms with van der Waals surface area (Å²) in [5.74, 6) is 0. The Kier molecular flexibility index (Phi) is 9.01. The fraction of sp³-hybridized carbons (Fsp3) is 0.226. The molecule has 0 bridgehead atoms. The van der Waals surface area contributed by atoms with Crippen LogP contribution in [0, 0.1) is 0 Å². The molecule has 0 aliphatic rings. The van der Waals surface area contributed by atoms with Crippen molar-refractivity contribution in [2.24, 2.45) is 0 Å². The Balaban J connectivity index is 1.45. The van der Waals surface area contributed by atoms with Crippen LogP contribution in [0.25, 0.3) is 0 Å². The van der Waals surface area contributed by atoms with Crippen LogP contribution in [0.5, 0.6) is 0 Å². The van der Waals surface area contributed by atoms with Gasteiger partial charge in [-0.1, -0.05) is 121 Å². The molecule has 0 saturated carbocycles. The van der Waals surface area contributed by atoms with E-state index in [1.807, 2.05) is 72.8 Å². The average Bonchev–Trinajstić information content (AvgIpc) is 2.86. The van der Waals surface area contributed by atoms with Crippen LogP contribution >= 0.6 is 0 Å². The van der Waals surface area contributed by atoms with E-state index in [4.69, 9.17) is 0 Å². The van der Waals surface area contributed by atoms with E-state index in [2.05, 4.69) is 58.3 Å². The summed E-state index contributed by atoms with van der Waals surface area (Å²) in [6.45, 7) is 3.70. The highest BCUT2D eigenvalue weighted by Gasteiger charge is 2.19. The van der Waals surface area contributed by atoms with Gasteiger partial charge in [-0.25, -0.2) is 4.39 Å². The van der Waals surface area contributed by atoms with Crippen molar-refractivity contribution in [1.29, 1.82) is 0 Å². The van der Waals surface area contributed by atoms with Gasteiger partial charge >= 0.3 is 0 Å². The summed E-state index contributed by atoms with van der Waals surface area (Å²) in [5, 5.41) is 0. The Bertz CT molecular complexity index is 899. The van der Waals surface area contributed by atoms with Gasteiger partial charge in [0.2, 0.25) is 0 Å². The molecule has 4 rings (SSSR count). The zero-order chi connectivity index (χ0) is 23.4. The van der Waals surface area contributed by atoms with E-state index in [0.717, 1.165) is 26.2 Å². The molecular weight excluding hydrogens is 419 g/mol. The van der Waals surface area contributed by atoms with Crippen molar-refractivity contribution < 1.29 is 4.39 Å². The van der Waals surface area contributed by atoms with Crippen molar-refractivity contribution in [3.63, 3.8) is 0 Å². The van der Waals surface area contributed by atoms with Gasteiger partial charge in [-0.05, 0) is 22.3 Å². The van der Waals surface area contributed by atoms with Crippen molar-refractivity contribution in [3.05, 3.63) is 144 Å². The van der Waals surface area contributed by atoms with E-state index >= 15 is 4.39 Å². The lowest BCUT2D eigenvalue weighted by atomic mass is 10.1. The van der Waals surface area contributed by atoms with Gasteiger partial charge in [0.1, 0.15) is 6.17 Å². The molecule has 4 aromatic rings. The third-order valence-corrected chi connectivity index (χ3v) is 5.91. The second-order valence-corrected chi connectivity index (χ2v) is 8.88. The first-order chi connectivity index (χ1) is 16.7. The topological polar surface area (TPSA) is 6.48 Å². The maximum Gasteiger partial charge on any atom is 0.125 e. The number of halogens is 1. The van der Waals surface area contributed by atoms with E-state index in [0.29, 0.717) is 13.1 Å². The van der Waals surface area contributed by atoms with Crippen molar-refractivity contribution in [2.75, 3.05) is 13.1 Å². The lowest BCUT2D eigenvalue weighted by Crippen LogP contribution is -2.37. The molecule has 4 aromatic carbocycles. The van der Waals surface area contributed by atoms with Gasteiger partial charge in [0.25, 0.3) is 0 Å². The minimum absolute atomic E-state index is 0.393. The largest absolute Gasteiger partial charge is 0.292 e. The highest BCUT2D eigenvalue weighted by Crippen LogP contribution is 2.15. The van der Waals surface area contributed by atoms with Crippen LogP contribution in [-0.4, -0.2) is 29.1 Å². The lowest BCUT2D eigenvalue weighted by molar-refractivity contribution is 0.124. The van der Waals surface area contributed by atoms with Gasteiger partial charge in [0.05, 0.1) is 0 Å². The Morgan fingerprint density at radius 1 is 0.412 bits per heavy atom. The first-order valence-corrected chi connectivity index (χ1v) is 12.0. The van der Waals surface area contributed by atoms with Crippen LogP contribution in [0.3, 0.4) is 0 Å². The van der Waals surface area contributed by atoms with E-state index < -0.39 is 6.17 Å². The summed E-state index contributed by atoms with van der Waals surface area (Å²) in [5.41, 5.74) is 4.82. The smallest absolute Gasteiger partial charge is 0.125 e. The number of hydrogen-bond acceptors (Lipinski definition) is 2. The normalized spacial score (nSPS) is 11.4. The molecule has 0 spiro atoms. The Labute approximate surface area is 203 Å². The summed E-state index contributed by atoms with van der Waals surface area (Å²) in [6.07, 6.45) is -0.958. The third kappa shape index (κ3) is 7.95. The fourth-order valence-electron chi connectivity index (χ4n) is 4.35. The molecule has 0 amide bonds. The minimum atomic E-state index is -0.958. The predicted octanol–water partition coefficient (Wildman–Crippen LogP) is 6.73. The maximum absolute atomic E-state index is 15.6. The summed E-state index contributed by atoms with van der Waals surface area (Å²) in [4.78, 5) is 4.44. The molecule has 0 fully saturated rings. The molecule has 0 N–H and O–H groups in total. The van der Waals surface area contributed by atoms with Gasteiger partial charge in [-0.15, -0.1) is 0 Å². The Hall–Kier alpha value is -3.27. The lowest BCUT2D eigenvalue weighted by Gasteiger charge is -2.28. The molecule has 0 radical (unpaired) electrons. The predicted molar refractivity (Wildman–Crippen MR) is 139 cm³/mol. The van der Waals surface area contributed by atoms with Gasteiger partial charge in [-0.3, -0.25) is 9.80 Å². The first-order valence-electron chi connectivity index (χ1n) is 12.0. The zero-order valence-electron chi connectivity index (χ0n) is 19.6. The average molecular weight is 453 g/mol. The Morgan fingerprint density at radius 3 is 0.882 bits per heavy atom. The number of alkyl halides is 1. The molecule has 0 aliphatic carbocycles. The van der Waals surface area contributed by atoms with Crippen LogP contribution in [0.15, 0.2) is 121 Å². The van der Waals surface area contributed by atoms with Crippen LogP contribution < -0.4 is 0 Å². The molecule has 0 atom stereocenters. The molecular formula is C31H33FN2. The molecule has 0 aliphatic heterocycles. The molecule has 0 aromatic heterocycles. The quantitative estimate of drug-likeness (QED) is 0.235. The monoisotopic (exact) mass is 452 g/mol. The number of hydrogen-bond donors (Lipinski definition) is 0. The summed E-state index contributed by atoms with van der Waals surface area (Å²) in [7, 11) is 0. The van der Waals surface area contributed by atoms with Gasteiger partial charge in [0.15, 0.2) is 0 Å². The molecule has 34 heavy (non-hydrogen) atoms. The van der Waals surface area contributed by atoms with E-state index in [1.54, 1.807) is 0 Å². The number of benzene rings is 4. The summed E-state index contributed by atoms with van der Waals surface area (Å²) < 4.78 is 15.6. The van der Waals surface area contributed by atoms with Gasteiger partial charge in [-0.2, -0.15) is 0 Å². The summed E-state index contributed by atoms with van der Waals surface area (Å²) >= 11 is 0. The molecule has 2 nitrogen and oxygen atoms in total. The van der Waals surface area contributed by atoms with Crippen molar-refractivity contribution in [3.8, 4) is 0 Å². The first kappa shape index (κ1) is 23.9. The zero-order valence-corrected chi connectivity index (χ0v) is 19.6. The molecule has 0 unspecified atom stereocenters. The standard InChI is InChI=1S/C31H33FN2/c32-31(25-33(21-27-13-5-1-6-14-27)22-28-15-7-2-8-16-28)26-34(23-29-17-9-3-10-18-29)24-30-19-11-4-12-20-30/h1-20,31H,21-26H2. The summed E-state index contributed by atoms with van der Waals surface area (Å²) in [6, 6.07) is 41.4. The van der Waals surface area contributed by atoms with Crippen LogP contribution in [0.4, 0.5) is 4.39 Å². The van der Waals surface area contributed by atoms with Crippen molar-refractivity contribution in [2.45, 2.75) is 32.4 Å². The van der Waals surface area contributed by atoms with Gasteiger partial charge in [0, 0.05) is 39.3 Å². The third-order valence-electron chi connectivity index (χ3n) is 5.91. The van der Waals surface area contributed by atoms with Crippen molar-refractivity contribution >= 4 is 0 Å². The van der Waals surface area contributed by atoms with E-state index in [9.17, 15) is 0 Å². The number of nitrogens with zero attached hydrogens (tertiary/aromatic N) is 2. The second kappa shape index (κ2) is 12.8. The Morgan fingerprint density at radius 2 is 0.647 bits per heavy atom. The number of rotatable bonds is 12. The molecule has 3 heteroatoms.